The van der Waals surface area contributed by atoms with Gasteiger partial charge in [-0.3, -0.25) is 29.4 Å². The van der Waals surface area contributed by atoms with Gasteiger partial charge in [-0.25, -0.2) is 4.98 Å². The van der Waals surface area contributed by atoms with Gasteiger partial charge < -0.3 is 9.42 Å². The van der Waals surface area contributed by atoms with Crippen LogP contribution in [-0.2, 0) is 27.3 Å². The molecule has 146 valence electrons. The second-order valence-electron chi connectivity index (χ2n) is 6.60. The van der Waals surface area contributed by atoms with E-state index in [1.165, 1.54) is 17.4 Å². The van der Waals surface area contributed by atoms with E-state index in [4.69, 9.17) is 4.52 Å². The first-order valence-corrected chi connectivity index (χ1v) is 9.56. The molecular weight excluding hydrogens is 386 g/mol. The van der Waals surface area contributed by atoms with E-state index in [1.54, 1.807) is 11.8 Å². The topological polar surface area (TPSA) is 126 Å². The van der Waals surface area contributed by atoms with E-state index in [9.17, 15) is 19.2 Å². The van der Waals surface area contributed by atoms with Gasteiger partial charge in [0.05, 0.1) is 12.2 Å². The van der Waals surface area contributed by atoms with Crippen LogP contribution < -0.4 is 5.32 Å². The Bertz CT molecular complexity index is 964. The number of amides is 4. The van der Waals surface area contributed by atoms with Gasteiger partial charge in [0, 0.05) is 36.8 Å². The van der Waals surface area contributed by atoms with Gasteiger partial charge in [-0.1, -0.05) is 16.5 Å². The highest BCUT2D eigenvalue weighted by Crippen LogP contribution is 2.29. The Morgan fingerprint density at radius 1 is 1.25 bits per heavy atom. The molecule has 1 saturated heterocycles. The predicted molar refractivity (Wildman–Crippen MR) is 96.4 cm³/mol. The number of carbonyl (C=O) groups is 4. The summed E-state index contributed by atoms with van der Waals surface area (Å²) in [5.74, 6) is -0.759. The highest BCUT2D eigenvalue weighted by Gasteiger charge is 2.33. The molecule has 4 heterocycles. The third kappa shape index (κ3) is 3.52. The molecule has 1 fully saturated rings. The number of nitrogens with zero attached hydrogens (tertiary/aromatic N) is 4. The van der Waals surface area contributed by atoms with Gasteiger partial charge in [0.25, 0.3) is 5.91 Å². The van der Waals surface area contributed by atoms with Gasteiger partial charge in [0.15, 0.2) is 10.8 Å². The number of thiazole rings is 1. The molecular formula is C17H17N5O5S. The highest BCUT2D eigenvalue weighted by atomic mass is 32.1. The lowest BCUT2D eigenvalue weighted by Gasteiger charge is -2.27. The number of imide groups is 1. The monoisotopic (exact) mass is 403 g/mol. The average molecular weight is 403 g/mol. The molecule has 0 aromatic carbocycles. The van der Waals surface area contributed by atoms with Crippen LogP contribution in [0.4, 0.5) is 5.13 Å². The summed E-state index contributed by atoms with van der Waals surface area (Å²) in [5.41, 5.74) is 0.997. The van der Waals surface area contributed by atoms with Crippen LogP contribution >= 0.6 is 11.3 Å². The molecule has 11 heteroatoms. The van der Waals surface area contributed by atoms with Crippen molar-refractivity contribution in [3.8, 4) is 0 Å². The third-order valence-corrected chi connectivity index (χ3v) is 5.61. The van der Waals surface area contributed by atoms with Crippen molar-refractivity contribution in [1.82, 2.24) is 19.9 Å². The standard InChI is InChI=1S/C17H17N5O5S/c1-9-6-11(20-27-9)16(26)19-17-18-10-4-5-21(7-12(10)28-17)15(25)8-22-13(23)2-3-14(22)24/h6H,2-5,7-8H2,1H3,(H,18,19,26). The van der Waals surface area contributed by atoms with Gasteiger partial charge >= 0.3 is 0 Å². The maximum atomic E-state index is 12.5. The number of hydrogen-bond donors (Lipinski definition) is 1. The van der Waals surface area contributed by atoms with E-state index in [-0.39, 0.29) is 42.8 Å². The summed E-state index contributed by atoms with van der Waals surface area (Å²) in [6.45, 7) is 2.25. The van der Waals surface area contributed by atoms with Crippen molar-refractivity contribution >= 4 is 40.1 Å². The average Bonchev–Trinajstić information content (AvgIpc) is 3.35. The van der Waals surface area contributed by atoms with Crippen molar-refractivity contribution in [2.45, 2.75) is 32.7 Å². The van der Waals surface area contributed by atoms with Crippen LogP contribution in [0.5, 0.6) is 0 Å². The minimum absolute atomic E-state index is 0.166. The Labute approximate surface area is 163 Å². The van der Waals surface area contributed by atoms with Crippen LogP contribution in [-0.4, -0.2) is 56.7 Å². The van der Waals surface area contributed by atoms with E-state index in [0.29, 0.717) is 30.4 Å². The number of rotatable bonds is 4. The molecule has 0 radical (unpaired) electrons. The van der Waals surface area contributed by atoms with Crippen LogP contribution in [0, 0.1) is 6.92 Å². The fourth-order valence-electron chi connectivity index (χ4n) is 3.13. The Morgan fingerprint density at radius 3 is 2.68 bits per heavy atom. The summed E-state index contributed by atoms with van der Waals surface area (Å²) < 4.78 is 4.89. The maximum absolute atomic E-state index is 12.5. The molecule has 0 bridgehead atoms. The SMILES string of the molecule is Cc1cc(C(=O)Nc2nc3c(s2)CN(C(=O)CN2C(=O)CCC2=O)CC3)no1. The van der Waals surface area contributed by atoms with Crippen molar-refractivity contribution in [2.75, 3.05) is 18.4 Å². The van der Waals surface area contributed by atoms with E-state index >= 15 is 0 Å². The van der Waals surface area contributed by atoms with Gasteiger partial charge in [0.1, 0.15) is 12.3 Å². The Kier molecular flexibility index (Phi) is 4.67. The number of aromatic nitrogens is 2. The maximum Gasteiger partial charge on any atom is 0.279 e. The number of aryl methyl sites for hydroxylation is 1. The van der Waals surface area contributed by atoms with Crippen LogP contribution in [0.25, 0.3) is 0 Å². The van der Waals surface area contributed by atoms with Crippen LogP contribution in [0.3, 0.4) is 0 Å². The van der Waals surface area contributed by atoms with Gasteiger partial charge in [-0.05, 0) is 6.92 Å². The quantitative estimate of drug-likeness (QED) is 0.746. The molecule has 0 spiro atoms. The number of nitrogens with one attached hydrogen (secondary N) is 1. The van der Waals surface area contributed by atoms with E-state index in [2.05, 4.69) is 15.5 Å². The number of carbonyl (C=O) groups excluding carboxylic acids is 4. The van der Waals surface area contributed by atoms with Crippen molar-refractivity contribution in [3.05, 3.63) is 28.1 Å². The van der Waals surface area contributed by atoms with E-state index < -0.39 is 5.91 Å². The predicted octanol–water partition coefficient (Wildman–Crippen LogP) is 0.726. The van der Waals surface area contributed by atoms with Crippen LogP contribution in [0.2, 0.25) is 0 Å². The molecule has 2 aromatic heterocycles. The largest absolute Gasteiger partial charge is 0.361 e. The number of likely N-dealkylation sites (tertiary alicyclic amines) is 1. The van der Waals surface area contributed by atoms with Gasteiger partial charge in [-0.2, -0.15) is 0 Å². The van der Waals surface area contributed by atoms with Crippen molar-refractivity contribution in [1.29, 1.82) is 0 Å². The van der Waals surface area contributed by atoms with E-state index in [1.807, 2.05) is 0 Å². The summed E-state index contributed by atoms with van der Waals surface area (Å²) in [6.07, 6.45) is 0.872. The lowest BCUT2D eigenvalue weighted by Crippen LogP contribution is -2.44. The fraction of sp³-hybridized carbons (Fsp3) is 0.412. The Hall–Kier alpha value is -3.08. The molecule has 2 aliphatic rings. The molecule has 2 aliphatic heterocycles. The number of hydrogen-bond acceptors (Lipinski definition) is 8. The molecule has 28 heavy (non-hydrogen) atoms. The molecule has 1 N–H and O–H groups in total. The second-order valence-corrected chi connectivity index (χ2v) is 7.69. The summed E-state index contributed by atoms with van der Waals surface area (Å²) in [4.78, 5) is 56.0. The summed E-state index contributed by atoms with van der Waals surface area (Å²) in [7, 11) is 0. The second kappa shape index (κ2) is 7.15. The van der Waals surface area contributed by atoms with Crippen LogP contribution in [0.1, 0.15) is 39.7 Å². The van der Waals surface area contributed by atoms with Crippen molar-refractivity contribution in [2.24, 2.45) is 0 Å². The fourth-order valence-corrected chi connectivity index (χ4v) is 4.15. The molecule has 0 aliphatic carbocycles. The third-order valence-electron chi connectivity index (χ3n) is 4.61. The Balaban J connectivity index is 1.40. The zero-order valence-corrected chi connectivity index (χ0v) is 15.9. The lowest BCUT2D eigenvalue weighted by molar-refractivity contribution is -0.145. The lowest BCUT2D eigenvalue weighted by atomic mass is 10.2. The molecule has 4 amide bonds. The summed E-state index contributed by atoms with van der Waals surface area (Å²) in [6, 6.07) is 1.53. The highest BCUT2D eigenvalue weighted by molar-refractivity contribution is 7.15. The van der Waals surface area contributed by atoms with Gasteiger partial charge in [-0.15, -0.1) is 0 Å². The van der Waals surface area contributed by atoms with Crippen molar-refractivity contribution in [3.63, 3.8) is 0 Å². The van der Waals surface area contributed by atoms with Crippen LogP contribution in [0.15, 0.2) is 10.6 Å². The zero-order valence-electron chi connectivity index (χ0n) is 15.1. The first-order valence-electron chi connectivity index (χ1n) is 8.75. The first kappa shape index (κ1) is 18.3. The number of anilines is 1. The first-order chi connectivity index (χ1) is 13.4. The molecule has 0 atom stereocenters. The van der Waals surface area contributed by atoms with Gasteiger partial charge in [0.2, 0.25) is 17.7 Å². The smallest absolute Gasteiger partial charge is 0.279 e. The molecule has 0 unspecified atom stereocenters. The Morgan fingerprint density at radius 2 is 2.00 bits per heavy atom. The number of fused-ring (bicyclic) bond motifs is 1. The minimum atomic E-state index is -0.415. The summed E-state index contributed by atoms with van der Waals surface area (Å²) in [5, 5.41) is 6.78. The normalized spacial score (nSPS) is 16.5. The minimum Gasteiger partial charge on any atom is -0.361 e. The van der Waals surface area contributed by atoms with Crippen molar-refractivity contribution < 1.29 is 23.7 Å². The summed E-state index contributed by atoms with van der Waals surface area (Å²) >= 11 is 1.29. The molecule has 0 saturated carbocycles. The van der Waals surface area contributed by atoms with E-state index in [0.717, 1.165) is 15.5 Å². The zero-order chi connectivity index (χ0) is 19.8. The molecule has 4 rings (SSSR count). The molecule has 10 nitrogen and oxygen atoms in total. The molecule has 2 aromatic rings.